The summed E-state index contributed by atoms with van der Waals surface area (Å²) in [5, 5.41) is 12.4. The van der Waals surface area contributed by atoms with Crippen LogP contribution in [0.15, 0.2) is 60.9 Å². The fraction of sp³-hybridized carbons (Fsp3) is 0.0476. The van der Waals surface area contributed by atoms with Crippen LogP contribution in [0.3, 0.4) is 0 Å². The largest absolute Gasteiger partial charge is 0.372 e. The molecule has 4 aromatic rings. The molecule has 0 atom stereocenters. The Hall–Kier alpha value is -3.85. The first-order valence-corrected chi connectivity index (χ1v) is 8.30. The number of anilines is 1. The van der Waals surface area contributed by atoms with Gasteiger partial charge in [-0.15, -0.1) is 0 Å². The van der Waals surface area contributed by atoms with Crippen molar-refractivity contribution in [1.82, 2.24) is 15.0 Å². The molecule has 0 fully saturated rings. The van der Waals surface area contributed by atoms with Gasteiger partial charge in [0.25, 0.3) is 0 Å². The molecule has 4 rings (SSSR count). The van der Waals surface area contributed by atoms with E-state index in [-0.39, 0.29) is 0 Å². The monoisotopic (exact) mass is 355 g/mol. The lowest BCUT2D eigenvalue weighted by Gasteiger charge is -2.12. The normalized spacial score (nSPS) is 10.6. The summed E-state index contributed by atoms with van der Waals surface area (Å²) < 4.78 is 15.4. The van der Waals surface area contributed by atoms with Gasteiger partial charge in [0.15, 0.2) is 5.82 Å². The van der Waals surface area contributed by atoms with E-state index in [1.807, 2.05) is 6.07 Å². The predicted molar refractivity (Wildman–Crippen MR) is 102 cm³/mol. The second-order valence-corrected chi connectivity index (χ2v) is 5.90. The quantitative estimate of drug-likeness (QED) is 0.589. The lowest BCUT2D eigenvalue weighted by Crippen LogP contribution is -2.01. The fourth-order valence-electron chi connectivity index (χ4n) is 2.97. The van der Waals surface area contributed by atoms with E-state index in [0.717, 1.165) is 5.56 Å². The van der Waals surface area contributed by atoms with E-state index < -0.39 is 5.82 Å². The van der Waals surface area contributed by atoms with Crippen LogP contribution >= 0.6 is 0 Å². The van der Waals surface area contributed by atoms with Gasteiger partial charge < -0.3 is 5.32 Å². The molecule has 27 heavy (non-hydrogen) atoms. The van der Waals surface area contributed by atoms with E-state index >= 15 is 4.39 Å². The Kier molecular flexibility index (Phi) is 4.19. The zero-order valence-electron chi connectivity index (χ0n) is 14.4. The smallest absolute Gasteiger partial charge is 0.163 e. The molecule has 0 radical (unpaired) electrons. The third-order valence-electron chi connectivity index (χ3n) is 4.26. The number of rotatable bonds is 3. The number of nitriles is 1. The number of aromatic nitrogens is 3. The van der Waals surface area contributed by atoms with Crippen molar-refractivity contribution in [3.8, 4) is 28.6 Å². The molecular weight excluding hydrogens is 341 g/mol. The Bertz CT molecular complexity index is 1180. The molecule has 6 heteroatoms. The van der Waals surface area contributed by atoms with Crippen molar-refractivity contribution in [3.63, 3.8) is 0 Å². The minimum absolute atomic E-state index is 0.310. The van der Waals surface area contributed by atoms with E-state index in [1.165, 1.54) is 0 Å². The third-order valence-corrected chi connectivity index (χ3v) is 4.26. The number of nitrogens with one attached hydrogen (secondary N) is 1. The summed E-state index contributed by atoms with van der Waals surface area (Å²) in [5.41, 5.74) is 2.75. The predicted octanol–water partition coefficient (Wildman–Crippen LogP) is 4.41. The summed E-state index contributed by atoms with van der Waals surface area (Å²) >= 11 is 0. The van der Waals surface area contributed by atoms with Gasteiger partial charge in [-0.2, -0.15) is 5.26 Å². The van der Waals surface area contributed by atoms with Crippen molar-refractivity contribution in [2.75, 3.05) is 12.4 Å². The van der Waals surface area contributed by atoms with Gasteiger partial charge >= 0.3 is 0 Å². The molecule has 0 spiro atoms. The van der Waals surface area contributed by atoms with Crippen LogP contribution in [0.1, 0.15) is 5.56 Å². The van der Waals surface area contributed by atoms with Crippen LogP contribution < -0.4 is 5.32 Å². The summed E-state index contributed by atoms with van der Waals surface area (Å²) in [6, 6.07) is 16.0. The number of benzene rings is 2. The zero-order valence-corrected chi connectivity index (χ0v) is 14.4. The topological polar surface area (TPSA) is 74.5 Å². The van der Waals surface area contributed by atoms with Crippen molar-refractivity contribution < 1.29 is 4.39 Å². The SMILES string of the molecule is CNc1nc(-c2cccnc2)nc2ccc(-c3cccc(C#N)c3)c(F)c12. The average molecular weight is 355 g/mol. The number of nitrogens with zero attached hydrogens (tertiary/aromatic N) is 4. The zero-order chi connectivity index (χ0) is 18.8. The maximum absolute atomic E-state index is 15.4. The number of halogens is 1. The maximum Gasteiger partial charge on any atom is 0.163 e. The first-order valence-electron chi connectivity index (χ1n) is 8.30. The molecule has 0 bridgehead atoms. The molecule has 2 aromatic heterocycles. The van der Waals surface area contributed by atoms with Crippen LogP contribution in [0, 0.1) is 17.1 Å². The molecule has 0 aliphatic heterocycles. The number of hydrogen-bond acceptors (Lipinski definition) is 5. The first kappa shape index (κ1) is 16.6. The van der Waals surface area contributed by atoms with Gasteiger partial charge in [-0.25, -0.2) is 14.4 Å². The van der Waals surface area contributed by atoms with Crippen molar-refractivity contribution in [1.29, 1.82) is 5.26 Å². The van der Waals surface area contributed by atoms with Gasteiger partial charge in [-0.1, -0.05) is 12.1 Å². The number of hydrogen-bond donors (Lipinski definition) is 1. The molecular formula is C21H14FN5. The van der Waals surface area contributed by atoms with Gasteiger partial charge in [0.05, 0.1) is 22.5 Å². The first-order chi connectivity index (χ1) is 13.2. The van der Waals surface area contributed by atoms with E-state index in [2.05, 4.69) is 26.3 Å². The van der Waals surface area contributed by atoms with Crippen molar-refractivity contribution in [2.45, 2.75) is 0 Å². The summed E-state index contributed by atoms with van der Waals surface area (Å²) in [7, 11) is 1.69. The lowest BCUT2D eigenvalue weighted by atomic mass is 10.0. The van der Waals surface area contributed by atoms with Crippen molar-refractivity contribution in [2.24, 2.45) is 0 Å². The Labute approximate surface area is 155 Å². The van der Waals surface area contributed by atoms with Crippen molar-refractivity contribution in [3.05, 3.63) is 72.3 Å². The van der Waals surface area contributed by atoms with E-state index in [1.54, 1.807) is 61.9 Å². The second kappa shape index (κ2) is 6.81. The highest BCUT2D eigenvalue weighted by atomic mass is 19.1. The van der Waals surface area contributed by atoms with Crippen molar-refractivity contribution >= 4 is 16.7 Å². The van der Waals surface area contributed by atoms with Crippen LogP contribution in [-0.2, 0) is 0 Å². The second-order valence-electron chi connectivity index (χ2n) is 5.90. The highest BCUT2D eigenvalue weighted by Crippen LogP contribution is 2.33. The third kappa shape index (κ3) is 2.96. The summed E-state index contributed by atoms with van der Waals surface area (Å²) in [6.07, 6.45) is 3.34. The van der Waals surface area contributed by atoms with Gasteiger partial charge in [0.1, 0.15) is 11.6 Å². The Balaban J connectivity index is 1.94. The summed E-state index contributed by atoms with van der Waals surface area (Å²) in [4.78, 5) is 13.0. The molecule has 0 saturated heterocycles. The fourth-order valence-corrected chi connectivity index (χ4v) is 2.97. The van der Waals surface area contributed by atoms with Crippen LogP contribution in [0.5, 0.6) is 0 Å². The molecule has 0 aliphatic rings. The maximum atomic E-state index is 15.4. The number of fused-ring (bicyclic) bond motifs is 1. The van der Waals surface area contributed by atoms with Gasteiger partial charge in [-0.3, -0.25) is 4.98 Å². The molecule has 0 unspecified atom stereocenters. The molecule has 0 saturated carbocycles. The molecule has 0 amide bonds. The lowest BCUT2D eigenvalue weighted by molar-refractivity contribution is 0.643. The molecule has 2 aromatic carbocycles. The number of pyridine rings is 1. The van der Waals surface area contributed by atoms with E-state index in [0.29, 0.717) is 39.2 Å². The highest BCUT2D eigenvalue weighted by molar-refractivity contribution is 5.94. The highest BCUT2D eigenvalue weighted by Gasteiger charge is 2.16. The summed E-state index contributed by atoms with van der Waals surface area (Å²) in [6.45, 7) is 0. The van der Waals surface area contributed by atoms with Gasteiger partial charge in [-0.05, 0) is 42.0 Å². The van der Waals surface area contributed by atoms with Gasteiger partial charge in [0.2, 0.25) is 0 Å². The van der Waals surface area contributed by atoms with E-state index in [9.17, 15) is 0 Å². The minimum Gasteiger partial charge on any atom is -0.372 e. The van der Waals surface area contributed by atoms with Gasteiger partial charge in [0, 0.05) is 30.6 Å². The van der Waals surface area contributed by atoms with E-state index in [4.69, 9.17) is 5.26 Å². The van der Waals surface area contributed by atoms with Crippen LogP contribution in [-0.4, -0.2) is 22.0 Å². The van der Waals surface area contributed by atoms with Crippen LogP contribution in [0.2, 0.25) is 0 Å². The van der Waals surface area contributed by atoms with Crippen LogP contribution in [0.25, 0.3) is 33.4 Å². The average Bonchev–Trinajstić information content (AvgIpc) is 2.73. The molecule has 2 heterocycles. The Morgan fingerprint density at radius 2 is 1.89 bits per heavy atom. The molecule has 130 valence electrons. The molecule has 5 nitrogen and oxygen atoms in total. The molecule has 0 aliphatic carbocycles. The Morgan fingerprint density at radius 1 is 1.04 bits per heavy atom. The van der Waals surface area contributed by atoms with Crippen LogP contribution in [0.4, 0.5) is 10.2 Å². The summed E-state index contributed by atoms with van der Waals surface area (Å²) in [5.74, 6) is 0.442. The Morgan fingerprint density at radius 3 is 2.63 bits per heavy atom. The minimum atomic E-state index is -0.426. The molecule has 1 N–H and O–H groups in total. The standard InChI is InChI=1S/C21H14FN5/c1-24-21-18-17(26-20(27-21)15-6-3-9-25-12-15)8-7-16(19(18)22)14-5-2-4-13(10-14)11-23/h2-10,12H,1H3,(H,24,26,27).